The summed E-state index contributed by atoms with van der Waals surface area (Å²) in [5.74, 6) is 0.833. The van der Waals surface area contributed by atoms with E-state index in [2.05, 4.69) is 38.7 Å². The minimum absolute atomic E-state index is 0.127. The molecule has 1 saturated carbocycles. The number of carbonyl (C=O) groups is 1. The molecule has 1 heterocycles. The smallest absolute Gasteiger partial charge is 0.410 e. The third kappa shape index (κ3) is 9.14. The molecule has 2 rings (SSSR count). The Labute approximate surface area is 153 Å². The van der Waals surface area contributed by atoms with Gasteiger partial charge in [-0.3, -0.25) is 5.14 Å². The zero-order valence-electron chi connectivity index (χ0n) is 16.3. The number of amides is 1. The third-order valence-electron chi connectivity index (χ3n) is 4.15. The summed E-state index contributed by atoms with van der Waals surface area (Å²) >= 11 is 3.03. The van der Waals surface area contributed by atoms with Gasteiger partial charge < -0.3 is 14.7 Å². The zero-order chi connectivity index (χ0) is 19.0. The molecule has 1 spiro atoms. The second kappa shape index (κ2) is 10.5. The number of aliphatic hydroxyl groups excluding tert-OH is 1. The molecule has 3 N–H and O–H groups in total. The number of rotatable bonds is 0. The lowest BCUT2D eigenvalue weighted by atomic mass is 9.77. The van der Waals surface area contributed by atoms with Gasteiger partial charge in [0.15, 0.2) is 0 Å². The summed E-state index contributed by atoms with van der Waals surface area (Å²) in [7, 11) is 0. The lowest BCUT2D eigenvalue weighted by molar-refractivity contribution is 0.00928. The predicted molar refractivity (Wildman–Crippen MR) is 103 cm³/mol. The van der Waals surface area contributed by atoms with Gasteiger partial charge in [-0.25, -0.2) is 4.79 Å². The van der Waals surface area contributed by atoms with E-state index in [1.807, 2.05) is 20.8 Å². The molecular weight excluding hydrogens is 324 g/mol. The third-order valence-corrected chi connectivity index (χ3v) is 4.15. The first-order valence-electron chi connectivity index (χ1n) is 8.95. The quantitative estimate of drug-likeness (QED) is 0.569. The highest BCUT2D eigenvalue weighted by Gasteiger charge is 2.42. The lowest BCUT2D eigenvalue weighted by Gasteiger charge is -2.39. The molecule has 1 aliphatic carbocycles. The summed E-state index contributed by atoms with van der Waals surface area (Å²) in [6.07, 6.45) is 4.62. The summed E-state index contributed by atoms with van der Waals surface area (Å²) in [4.78, 5) is 13.7. The van der Waals surface area contributed by atoms with Gasteiger partial charge >= 0.3 is 6.09 Å². The topological polar surface area (TPSA) is 75.8 Å². The molecule has 1 aliphatic heterocycles. The normalized spacial score (nSPS) is 22.4. The largest absolute Gasteiger partial charge is 0.444 e. The minimum atomic E-state index is -0.421. The van der Waals surface area contributed by atoms with E-state index in [-0.39, 0.29) is 17.6 Å². The van der Waals surface area contributed by atoms with Crippen LogP contribution in [0.2, 0.25) is 0 Å². The number of likely N-dealkylation sites (tertiary alicyclic amines) is 1. The Morgan fingerprint density at radius 3 is 2.00 bits per heavy atom. The molecule has 0 bridgehead atoms. The number of nitrogens with zero attached hydrogens (tertiary/aromatic N) is 1. The Hall–Kier alpha value is -0.460. The van der Waals surface area contributed by atoms with E-state index < -0.39 is 5.60 Å². The molecule has 1 saturated heterocycles. The van der Waals surface area contributed by atoms with E-state index in [0.29, 0.717) is 0 Å². The number of ether oxygens (including phenoxy) is 1. The predicted octanol–water partition coefficient (Wildman–Crippen LogP) is 4.00. The number of aliphatic hydroxyl groups is 1. The molecule has 144 valence electrons. The van der Waals surface area contributed by atoms with Gasteiger partial charge in [-0.15, -0.1) is 12.8 Å². The van der Waals surface area contributed by atoms with Gasteiger partial charge in [-0.1, -0.05) is 20.8 Å². The molecule has 6 heteroatoms. The molecule has 0 radical (unpaired) electrons. The fraction of sp³-hybridized carbons (Fsp3) is 0.944. The van der Waals surface area contributed by atoms with E-state index in [1.54, 1.807) is 4.90 Å². The molecule has 1 amide bonds. The van der Waals surface area contributed by atoms with Crippen molar-refractivity contribution in [3.63, 3.8) is 0 Å². The Kier molecular flexibility index (Phi) is 10.3. The zero-order valence-corrected chi connectivity index (χ0v) is 17.2. The standard InChI is InChI=1S/C14H25NO3.C4H10.H3NS/c1-13(2,3)18-12(17)15-8-6-14(7-9-15)5-4-11(16)10-14;1-4(2)3;1-2/h11,16H,4-10H2,1-3H3;4H,1-3H3;2H,1H2. The number of piperidine rings is 1. The fourth-order valence-corrected chi connectivity index (χ4v) is 3.12. The van der Waals surface area contributed by atoms with Gasteiger partial charge in [-0.05, 0) is 64.2 Å². The van der Waals surface area contributed by atoms with Gasteiger partial charge in [0.25, 0.3) is 0 Å². The Morgan fingerprint density at radius 2 is 1.67 bits per heavy atom. The first-order valence-corrected chi connectivity index (χ1v) is 9.46. The second-order valence-corrected chi connectivity index (χ2v) is 8.60. The molecule has 2 aliphatic rings. The van der Waals surface area contributed by atoms with Gasteiger partial charge in [0.05, 0.1) is 6.10 Å². The number of carbonyl (C=O) groups excluding carboxylic acids is 1. The van der Waals surface area contributed by atoms with Crippen molar-refractivity contribution in [3.8, 4) is 0 Å². The summed E-state index contributed by atoms with van der Waals surface area (Å²) in [6.45, 7) is 13.7. The molecule has 1 atom stereocenters. The van der Waals surface area contributed by atoms with Crippen LogP contribution >= 0.6 is 12.8 Å². The number of hydrogen-bond donors (Lipinski definition) is 3. The number of thiol groups is 1. The van der Waals surface area contributed by atoms with Crippen LogP contribution in [0.15, 0.2) is 0 Å². The van der Waals surface area contributed by atoms with Crippen LogP contribution in [0.5, 0.6) is 0 Å². The van der Waals surface area contributed by atoms with Gasteiger partial charge in [0.2, 0.25) is 0 Å². The van der Waals surface area contributed by atoms with Crippen LogP contribution in [0, 0.1) is 11.3 Å². The fourth-order valence-electron chi connectivity index (χ4n) is 3.12. The first-order chi connectivity index (χ1) is 11.0. The van der Waals surface area contributed by atoms with E-state index in [4.69, 9.17) is 4.74 Å². The van der Waals surface area contributed by atoms with Crippen LogP contribution < -0.4 is 5.14 Å². The van der Waals surface area contributed by atoms with Gasteiger partial charge in [0.1, 0.15) is 5.60 Å². The van der Waals surface area contributed by atoms with E-state index in [1.165, 1.54) is 0 Å². The molecular formula is C18H38N2O3S. The van der Waals surface area contributed by atoms with Crippen molar-refractivity contribution in [2.75, 3.05) is 13.1 Å². The van der Waals surface area contributed by atoms with Crippen LogP contribution in [0.25, 0.3) is 0 Å². The van der Waals surface area contributed by atoms with Crippen LogP contribution in [0.1, 0.15) is 73.6 Å². The SMILES string of the molecule is CC(C)(C)OC(=O)N1CCC2(CCC(O)C2)CC1.CC(C)C.NS. The van der Waals surface area contributed by atoms with Crippen molar-refractivity contribution in [1.29, 1.82) is 0 Å². The average Bonchev–Trinajstić information content (AvgIpc) is 2.80. The van der Waals surface area contributed by atoms with Gasteiger partial charge in [0, 0.05) is 13.1 Å². The maximum absolute atomic E-state index is 11.9. The highest BCUT2D eigenvalue weighted by molar-refractivity contribution is 7.77. The molecule has 5 nitrogen and oxygen atoms in total. The van der Waals surface area contributed by atoms with Crippen molar-refractivity contribution >= 4 is 18.9 Å². The molecule has 0 aromatic rings. The first kappa shape index (κ1) is 23.5. The molecule has 0 aromatic heterocycles. The van der Waals surface area contributed by atoms with Gasteiger partial charge in [-0.2, -0.15) is 0 Å². The Balaban J connectivity index is 0.000000773. The summed E-state index contributed by atoms with van der Waals surface area (Å²) in [5.41, 5.74) is -0.131. The summed E-state index contributed by atoms with van der Waals surface area (Å²) < 4.78 is 5.39. The molecule has 2 fully saturated rings. The minimum Gasteiger partial charge on any atom is -0.444 e. The highest BCUT2D eigenvalue weighted by Crippen LogP contribution is 2.46. The van der Waals surface area contributed by atoms with Crippen LogP contribution in [0.3, 0.4) is 0 Å². The highest BCUT2D eigenvalue weighted by atomic mass is 32.1. The number of hydrogen-bond acceptors (Lipinski definition) is 5. The van der Waals surface area contributed by atoms with Crippen molar-refractivity contribution < 1.29 is 14.6 Å². The van der Waals surface area contributed by atoms with Crippen molar-refractivity contribution in [1.82, 2.24) is 4.90 Å². The van der Waals surface area contributed by atoms with Crippen molar-refractivity contribution in [2.24, 2.45) is 16.5 Å². The monoisotopic (exact) mass is 362 g/mol. The van der Waals surface area contributed by atoms with E-state index in [9.17, 15) is 9.90 Å². The molecule has 1 unspecified atom stereocenters. The average molecular weight is 363 g/mol. The lowest BCUT2D eigenvalue weighted by Crippen LogP contribution is -2.44. The van der Waals surface area contributed by atoms with Crippen LogP contribution in [0.4, 0.5) is 4.79 Å². The van der Waals surface area contributed by atoms with E-state index >= 15 is 0 Å². The van der Waals surface area contributed by atoms with Crippen LogP contribution in [-0.2, 0) is 4.74 Å². The Bertz CT molecular complexity index is 359. The maximum atomic E-state index is 11.9. The van der Waals surface area contributed by atoms with Crippen molar-refractivity contribution in [3.05, 3.63) is 0 Å². The second-order valence-electron chi connectivity index (χ2n) is 8.60. The van der Waals surface area contributed by atoms with E-state index in [0.717, 1.165) is 51.1 Å². The van der Waals surface area contributed by atoms with Crippen molar-refractivity contribution in [2.45, 2.75) is 85.4 Å². The Morgan fingerprint density at radius 1 is 1.21 bits per heavy atom. The maximum Gasteiger partial charge on any atom is 0.410 e. The summed E-state index contributed by atoms with van der Waals surface area (Å²) in [5, 5.41) is 13.9. The summed E-state index contributed by atoms with van der Waals surface area (Å²) in [6, 6.07) is 0. The van der Waals surface area contributed by atoms with Crippen LogP contribution in [-0.4, -0.2) is 40.9 Å². The molecule has 24 heavy (non-hydrogen) atoms. The number of nitrogens with two attached hydrogens (primary N) is 1. The molecule has 0 aromatic carbocycles.